The van der Waals surface area contributed by atoms with Gasteiger partial charge in [0.15, 0.2) is 0 Å². The number of carbonyl (C=O) groups excluding carboxylic acids is 2. The molecule has 0 bridgehead atoms. The van der Waals surface area contributed by atoms with E-state index in [9.17, 15) is 9.59 Å². The summed E-state index contributed by atoms with van der Waals surface area (Å²) in [6.07, 6.45) is -0.707. The molecule has 1 heterocycles. The monoisotopic (exact) mass is 466 g/mol. The number of ether oxygens (including phenoxy) is 4. The number of methoxy groups -OCH3 is 1. The molecule has 2 N–H and O–H groups in total. The Morgan fingerprint density at radius 1 is 0.941 bits per heavy atom. The number of para-hydroxylation sites is 1. The topological polar surface area (TPSA) is 95.1 Å². The third-order valence-electron chi connectivity index (χ3n) is 5.19. The van der Waals surface area contributed by atoms with Gasteiger partial charge in [-0.05, 0) is 31.9 Å². The number of dihydropyridines is 1. The Kier molecular flexibility index (Phi) is 8.56. The van der Waals surface area contributed by atoms with Crippen molar-refractivity contribution in [2.45, 2.75) is 39.7 Å². The number of nitrogens with one attached hydrogen (secondary N) is 2. The van der Waals surface area contributed by atoms with E-state index in [0.29, 0.717) is 41.6 Å². The Morgan fingerprint density at radius 2 is 1.59 bits per heavy atom. The summed E-state index contributed by atoms with van der Waals surface area (Å²) in [7, 11) is 1.23. The average Bonchev–Trinajstić information content (AvgIpc) is 2.85. The SMILES string of the molecule is CCCNC(=O)OC1=C(C)NC(C)=C(OC(=O)OC)C1c1ccccc1OCc1ccccc1. The molecule has 1 amide bonds. The molecule has 8 heteroatoms. The van der Waals surface area contributed by atoms with E-state index < -0.39 is 18.2 Å². The van der Waals surface area contributed by atoms with Crippen LogP contribution in [0.4, 0.5) is 9.59 Å². The average molecular weight is 467 g/mol. The van der Waals surface area contributed by atoms with Gasteiger partial charge in [0.1, 0.15) is 29.8 Å². The van der Waals surface area contributed by atoms with Crippen LogP contribution in [0, 0.1) is 0 Å². The number of alkyl carbamates (subject to hydrolysis) is 1. The summed E-state index contributed by atoms with van der Waals surface area (Å²) in [5, 5.41) is 5.84. The van der Waals surface area contributed by atoms with E-state index in [-0.39, 0.29) is 5.76 Å². The Bertz CT molecular complexity index is 1080. The van der Waals surface area contributed by atoms with Crippen molar-refractivity contribution in [2.24, 2.45) is 0 Å². The van der Waals surface area contributed by atoms with E-state index in [4.69, 9.17) is 18.9 Å². The molecule has 1 aliphatic heterocycles. The van der Waals surface area contributed by atoms with Crippen LogP contribution >= 0.6 is 0 Å². The molecule has 0 radical (unpaired) electrons. The second-order valence-electron chi connectivity index (χ2n) is 7.72. The molecule has 2 aromatic carbocycles. The standard InChI is InChI=1S/C26H30N2O6/c1-5-15-27-25(29)33-23-17(2)28-18(3)24(34-26(30)31-4)22(23)20-13-9-10-14-21(20)32-16-19-11-7-6-8-12-19/h6-14,22,28H,5,15-16H2,1-4H3,(H,27,29). The summed E-state index contributed by atoms with van der Waals surface area (Å²) in [5.74, 6) is 0.403. The van der Waals surface area contributed by atoms with Crippen molar-refractivity contribution in [3.63, 3.8) is 0 Å². The van der Waals surface area contributed by atoms with Crippen LogP contribution < -0.4 is 15.4 Å². The summed E-state index contributed by atoms with van der Waals surface area (Å²) < 4.78 is 22.1. The zero-order chi connectivity index (χ0) is 24.5. The first-order chi connectivity index (χ1) is 16.4. The number of hydrogen-bond acceptors (Lipinski definition) is 7. The second-order valence-corrected chi connectivity index (χ2v) is 7.72. The van der Waals surface area contributed by atoms with Crippen molar-refractivity contribution in [1.29, 1.82) is 0 Å². The highest BCUT2D eigenvalue weighted by Crippen LogP contribution is 2.43. The van der Waals surface area contributed by atoms with Crippen molar-refractivity contribution in [3.05, 3.63) is 88.6 Å². The third-order valence-corrected chi connectivity index (χ3v) is 5.19. The van der Waals surface area contributed by atoms with Gasteiger partial charge in [0.25, 0.3) is 0 Å². The molecule has 8 nitrogen and oxygen atoms in total. The van der Waals surface area contributed by atoms with Crippen LogP contribution in [0.3, 0.4) is 0 Å². The molecule has 0 fully saturated rings. The van der Waals surface area contributed by atoms with Gasteiger partial charge < -0.3 is 29.6 Å². The Hall–Kier alpha value is -3.94. The molecule has 1 aliphatic rings. The van der Waals surface area contributed by atoms with Gasteiger partial charge in [-0.25, -0.2) is 9.59 Å². The molecule has 0 saturated heterocycles. The first-order valence-electron chi connectivity index (χ1n) is 11.1. The Balaban J connectivity index is 2.01. The van der Waals surface area contributed by atoms with Crippen molar-refractivity contribution >= 4 is 12.2 Å². The highest BCUT2D eigenvalue weighted by Gasteiger charge is 2.36. The summed E-state index contributed by atoms with van der Waals surface area (Å²) in [5.41, 5.74) is 2.88. The maximum absolute atomic E-state index is 12.5. The molecule has 34 heavy (non-hydrogen) atoms. The second kappa shape index (κ2) is 11.8. The molecule has 180 valence electrons. The predicted molar refractivity (Wildman–Crippen MR) is 127 cm³/mol. The summed E-state index contributed by atoms with van der Waals surface area (Å²) in [6.45, 7) is 6.33. The van der Waals surface area contributed by atoms with E-state index in [2.05, 4.69) is 10.6 Å². The van der Waals surface area contributed by atoms with Gasteiger partial charge in [-0.2, -0.15) is 0 Å². The van der Waals surface area contributed by atoms with Crippen molar-refractivity contribution < 1.29 is 28.5 Å². The number of hydrogen-bond donors (Lipinski definition) is 2. The third kappa shape index (κ3) is 6.10. The van der Waals surface area contributed by atoms with Crippen molar-refractivity contribution in [2.75, 3.05) is 13.7 Å². The van der Waals surface area contributed by atoms with Crippen LogP contribution in [0.25, 0.3) is 0 Å². The first kappa shape index (κ1) is 24.7. The van der Waals surface area contributed by atoms with Crippen LogP contribution in [0.2, 0.25) is 0 Å². The normalized spacial score (nSPS) is 15.4. The van der Waals surface area contributed by atoms with Gasteiger partial charge in [-0.1, -0.05) is 55.5 Å². The zero-order valence-corrected chi connectivity index (χ0v) is 19.8. The molecule has 0 aliphatic carbocycles. The van der Waals surface area contributed by atoms with Gasteiger partial charge in [-0.15, -0.1) is 0 Å². The maximum atomic E-state index is 12.5. The number of carbonyl (C=O) groups is 2. The minimum Gasteiger partial charge on any atom is -0.489 e. The summed E-state index contributed by atoms with van der Waals surface area (Å²) in [4.78, 5) is 24.6. The van der Waals surface area contributed by atoms with Crippen LogP contribution in [-0.4, -0.2) is 25.9 Å². The first-order valence-corrected chi connectivity index (χ1v) is 11.1. The largest absolute Gasteiger partial charge is 0.513 e. The lowest BCUT2D eigenvalue weighted by atomic mass is 9.90. The van der Waals surface area contributed by atoms with Gasteiger partial charge in [0.2, 0.25) is 0 Å². The molecular formula is C26H30N2O6. The quantitative estimate of drug-likeness (QED) is 0.508. The lowest BCUT2D eigenvalue weighted by molar-refractivity contribution is 0.0886. The molecule has 1 unspecified atom stereocenters. The van der Waals surface area contributed by atoms with Crippen LogP contribution in [0.5, 0.6) is 5.75 Å². The summed E-state index contributed by atoms with van der Waals surface area (Å²) in [6, 6.07) is 17.2. The van der Waals surface area contributed by atoms with Crippen LogP contribution in [0.1, 0.15) is 44.2 Å². The minimum atomic E-state index is -0.877. The zero-order valence-electron chi connectivity index (χ0n) is 19.8. The van der Waals surface area contributed by atoms with E-state index >= 15 is 0 Å². The predicted octanol–water partition coefficient (Wildman–Crippen LogP) is 5.33. The highest BCUT2D eigenvalue weighted by molar-refractivity contribution is 5.70. The van der Waals surface area contributed by atoms with E-state index in [1.54, 1.807) is 13.8 Å². The molecule has 3 rings (SSSR count). The smallest absolute Gasteiger partial charge is 0.489 e. The van der Waals surface area contributed by atoms with Gasteiger partial charge in [0.05, 0.1) is 18.5 Å². The Labute approximate surface area is 199 Å². The molecule has 0 aromatic heterocycles. The van der Waals surface area contributed by atoms with Gasteiger partial charge >= 0.3 is 12.2 Å². The molecule has 1 atom stereocenters. The fourth-order valence-corrected chi connectivity index (χ4v) is 3.59. The number of rotatable bonds is 8. The van der Waals surface area contributed by atoms with E-state index in [0.717, 1.165) is 12.0 Å². The van der Waals surface area contributed by atoms with Crippen LogP contribution in [-0.2, 0) is 20.8 Å². The van der Waals surface area contributed by atoms with Crippen molar-refractivity contribution in [3.8, 4) is 5.75 Å². The van der Waals surface area contributed by atoms with E-state index in [1.807, 2.05) is 61.5 Å². The van der Waals surface area contributed by atoms with E-state index in [1.165, 1.54) is 7.11 Å². The molecule has 0 saturated carbocycles. The van der Waals surface area contributed by atoms with Crippen molar-refractivity contribution in [1.82, 2.24) is 10.6 Å². The number of amides is 1. The molecule has 0 spiro atoms. The van der Waals surface area contributed by atoms with Gasteiger partial charge in [-0.3, -0.25) is 0 Å². The lowest BCUT2D eigenvalue weighted by Gasteiger charge is -2.31. The highest BCUT2D eigenvalue weighted by atomic mass is 16.7. The Morgan fingerprint density at radius 3 is 2.26 bits per heavy atom. The summed E-state index contributed by atoms with van der Waals surface area (Å²) >= 11 is 0. The fourth-order valence-electron chi connectivity index (χ4n) is 3.59. The van der Waals surface area contributed by atoms with Crippen LogP contribution in [0.15, 0.2) is 77.5 Å². The lowest BCUT2D eigenvalue weighted by Crippen LogP contribution is -2.32. The number of allylic oxidation sites excluding steroid dienone is 2. The van der Waals surface area contributed by atoms with Gasteiger partial charge in [0, 0.05) is 12.1 Å². The maximum Gasteiger partial charge on any atom is 0.513 e. The molecule has 2 aromatic rings. The fraction of sp³-hybridized carbons (Fsp3) is 0.308. The number of benzene rings is 2. The minimum absolute atomic E-state index is 0.256. The molecular weight excluding hydrogens is 436 g/mol.